The molecule has 0 aromatic carbocycles. The van der Waals surface area contributed by atoms with E-state index in [0.717, 1.165) is 11.8 Å². The van der Waals surface area contributed by atoms with Crippen LogP contribution in [-0.4, -0.2) is 12.1 Å². The van der Waals surface area contributed by atoms with Crippen LogP contribution >= 0.6 is 0 Å². The molecule has 2 unspecified atom stereocenters. The van der Waals surface area contributed by atoms with E-state index in [2.05, 4.69) is 33.0 Å². The van der Waals surface area contributed by atoms with Gasteiger partial charge in [0.25, 0.3) is 0 Å². The quantitative estimate of drug-likeness (QED) is 0.465. The maximum absolute atomic E-state index is 3.75. The summed E-state index contributed by atoms with van der Waals surface area (Å²) in [5, 5.41) is 3.75. The highest BCUT2D eigenvalue weighted by Gasteiger charge is 2.25. The van der Waals surface area contributed by atoms with Crippen molar-refractivity contribution >= 4 is 0 Å². The minimum Gasteiger partial charge on any atom is -0.312 e. The van der Waals surface area contributed by atoms with Crippen LogP contribution in [0.2, 0.25) is 0 Å². The van der Waals surface area contributed by atoms with Crippen molar-refractivity contribution in [2.45, 2.75) is 110 Å². The molecule has 0 spiro atoms. The van der Waals surface area contributed by atoms with Gasteiger partial charge in [0, 0.05) is 5.54 Å². The molecule has 0 aromatic rings. The van der Waals surface area contributed by atoms with Crippen LogP contribution in [0.1, 0.15) is 105 Å². The zero-order valence-electron chi connectivity index (χ0n) is 15.3. The molecule has 1 N–H and O–H groups in total. The Balaban J connectivity index is 2.14. The largest absolute Gasteiger partial charge is 0.312 e. The average Bonchev–Trinajstić information content (AvgIpc) is 2.44. The van der Waals surface area contributed by atoms with E-state index in [-0.39, 0.29) is 5.54 Å². The summed E-state index contributed by atoms with van der Waals surface area (Å²) < 4.78 is 0. The molecule has 1 aliphatic rings. The minimum atomic E-state index is 0.279. The second kappa shape index (κ2) is 10.6. The van der Waals surface area contributed by atoms with E-state index >= 15 is 0 Å². The van der Waals surface area contributed by atoms with Gasteiger partial charge in [-0.1, -0.05) is 77.6 Å². The highest BCUT2D eigenvalue weighted by molar-refractivity contribution is 4.80. The van der Waals surface area contributed by atoms with Crippen molar-refractivity contribution in [1.29, 1.82) is 0 Å². The summed E-state index contributed by atoms with van der Waals surface area (Å²) in [4.78, 5) is 0. The van der Waals surface area contributed by atoms with Gasteiger partial charge in [0.15, 0.2) is 0 Å². The van der Waals surface area contributed by atoms with Crippen LogP contribution in [0, 0.1) is 11.8 Å². The fraction of sp³-hybridized carbons (Fsp3) is 1.00. The van der Waals surface area contributed by atoms with Crippen molar-refractivity contribution < 1.29 is 0 Å². The Morgan fingerprint density at radius 3 is 2.00 bits per heavy atom. The van der Waals surface area contributed by atoms with Gasteiger partial charge in [-0.3, -0.25) is 0 Å². The summed E-state index contributed by atoms with van der Waals surface area (Å²) in [6, 6.07) is 0. The SMILES string of the molecule is CCCCCCCCCC1CCCCC1CNC(C)(C)C. The number of hydrogen-bond donors (Lipinski definition) is 1. The summed E-state index contributed by atoms with van der Waals surface area (Å²) in [5.74, 6) is 1.95. The Morgan fingerprint density at radius 2 is 1.38 bits per heavy atom. The highest BCUT2D eigenvalue weighted by Crippen LogP contribution is 2.33. The van der Waals surface area contributed by atoms with Crippen molar-refractivity contribution in [3.05, 3.63) is 0 Å². The molecule has 1 saturated carbocycles. The van der Waals surface area contributed by atoms with Gasteiger partial charge >= 0.3 is 0 Å². The average molecular weight is 296 g/mol. The molecule has 1 aliphatic carbocycles. The summed E-state index contributed by atoms with van der Waals surface area (Å²) in [7, 11) is 0. The van der Waals surface area contributed by atoms with Gasteiger partial charge in [0.1, 0.15) is 0 Å². The van der Waals surface area contributed by atoms with E-state index in [1.807, 2.05) is 0 Å². The van der Waals surface area contributed by atoms with Crippen molar-refractivity contribution in [3.8, 4) is 0 Å². The molecule has 1 fully saturated rings. The Hall–Kier alpha value is -0.0400. The molecule has 1 nitrogen and oxygen atoms in total. The van der Waals surface area contributed by atoms with Crippen LogP contribution < -0.4 is 5.32 Å². The van der Waals surface area contributed by atoms with E-state index < -0.39 is 0 Å². The van der Waals surface area contributed by atoms with Crippen LogP contribution in [0.5, 0.6) is 0 Å². The Labute approximate surface area is 134 Å². The van der Waals surface area contributed by atoms with Crippen LogP contribution in [0.25, 0.3) is 0 Å². The molecular formula is C20H41N. The number of rotatable bonds is 10. The van der Waals surface area contributed by atoms with Gasteiger partial charge in [0.2, 0.25) is 0 Å². The maximum Gasteiger partial charge on any atom is 0.00966 e. The Kier molecular flexibility index (Phi) is 9.64. The first kappa shape index (κ1) is 19.0. The first-order chi connectivity index (χ1) is 10.0. The second-order valence-electron chi connectivity index (χ2n) is 8.35. The third kappa shape index (κ3) is 9.55. The van der Waals surface area contributed by atoms with E-state index in [4.69, 9.17) is 0 Å². The Bertz CT molecular complexity index is 241. The molecule has 2 atom stereocenters. The molecule has 0 aromatic heterocycles. The molecule has 0 saturated heterocycles. The van der Waals surface area contributed by atoms with Crippen LogP contribution in [-0.2, 0) is 0 Å². The molecule has 126 valence electrons. The van der Waals surface area contributed by atoms with E-state index in [0.29, 0.717) is 0 Å². The molecule has 1 rings (SSSR count). The van der Waals surface area contributed by atoms with E-state index in [1.165, 1.54) is 83.6 Å². The fourth-order valence-electron chi connectivity index (χ4n) is 3.73. The van der Waals surface area contributed by atoms with Crippen molar-refractivity contribution in [2.75, 3.05) is 6.54 Å². The maximum atomic E-state index is 3.75. The van der Waals surface area contributed by atoms with E-state index in [9.17, 15) is 0 Å². The number of nitrogens with one attached hydrogen (secondary N) is 1. The van der Waals surface area contributed by atoms with Crippen molar-refractivity contribution in [2.24, 2.45) is 11.8 Å². The second-order valence-corrected chi connectivity index (χ2v) is 8.35. The Morgan fingerprint density at radius 1 is 0.810 bits per heavy atom. The lowest BCUT2D eigenvalue weighted by atomic mass is 9.76. The summed E-state index contributed by atoms with van der Waals surface area (Å²) >= 11 is 0. The summed E-state index contributed by atoms with van der Waals surface area (Å²) in [6.45, 7) is 10.4. The lowest BCUT2D eigenvalue weighted by Gasteiger charge is -2.34. The topological polar surface area (TPSA) is 12.0 Å². The molecule has 0 heterocycles. The van der Waals surface area contributed by atoms with Gasteiger partial charge < -0.3 is 5.32 Å². The lowest BCUT2D eigenvalue weighted by molar-refractivity contribution is 0.199. The zero-order chi connectivity index (χ0) is 15.6. The molecule has 0 bridgehead atoms. The van der Waals surface area contributed by atoms with Crippen LogP contribution in [0.4, 0.5) is 0 Å². The first-order valence-electron chi connectivity index (χ1n) is 9.78. The third-order valence-electron chi connectivity index (χ3n) is 5.14. The molecule has 21 heavy (non-hydrogen) atoms. The summed E-state index contributed by atoms with van der Waals surface area (Å²) in [5.41, 5.74) is 0.279. The zero-order valence-corrected chi connectivity index (χ0v) is 15.3. The van der Waals surface area contributed by atoms with Crippen molar-refractivity contribution in [1.82, 2.24) is 5.32 Å². The third-order valence-corrected chi connectivity index (χ3v) is 5.14. The standard InChI is InChI=1S/C20H41N/c1-5-6-7-8-9-10-11-14-18-15-12-13-16-19(18)17-21-20(2,3)4/h18-19,21H,5-17H2,1-4H3. The summed E-state index contributed by atoms with van der Waals surface area (Å²) in [6.07, 6.45) is 17.5. The molecular weight excluding hydrogens is 254 g/mol. The first-order valence-corrected chi connectivity index (χ1v) is 9.78. The van der Waals surface area contributed by atoms with Gasteiger partial charge in [-0.2, -0.15) is 0 Å². The molecule has 0 radical (unpaired) electrons. The van der Waals surface area contributed by atoms with Gasteiger partial charge in [-0.25, -0.2) is 0 Å². The van der Waals surface area contributed by atoms with Crippen LogP contribution in [0.3, 0.4) is 0 Å². The number of hydrogen-bond acceptors (Lipinski definition) is 1. The molecule has 0 aliphatic heterocycles. The normalized spacial score (nSPS) is 23.4. The molecule has 0 amide bonds. The monoisotopic (exact) mass is 295 g/mol. The van der Waals surface area contributed by atoms with E-state index in [1.54, 1.807) is 0 Å². The highest BCUT2D eigenvalue weighted by atomic mass is 14.9. The molecule has 1 heteroatoms. The minimum absolute atomic E-state index is 0.279. The van der Waals surface area contributed by atoms with Gasteiger partial charge in [-0.05, 0) is 45.6 Å². The predicted octanol–water partition coefficient (Wildman–Crippen LogP) is 6.32. The van der Waals surface area contributed by atoms with Gasteiger partial charge in [0.05, 0.1) is 0 Å². The fourth-order valence-corrected chi connectivity index (χ4v) is 3.73. The van der Waals surface area contributed by atoms with Gasteiger partial charge in [-0.15, -0.1) is 0 Å². The van der Waals surface area contributed by atoms with Crippen molar-refractivity contribution in [3.63, 3.8) is 0 Å². The smallest absolute Gasteiger partial charge is 0.00966 e. The van der Waals surface area contributed by atoms with Crippen LogP contribution in [0.15, 0.2) is 0 Å². The number of unbranched alkanes of at least 4 members (excludes halogenated alkanes) is 6. The lowest BCUT2D eigenvalue weighted by Crippen LogP contribution is -2.41. The predicted molar refractivity (Wildman–Crippen MR) is 95.8 cm³/mol.